The van der Waals surface area contributed by atoms with Gasteiger partial charge in [-0.2, -0.15) is 0 Å². The van der Waals surface area contributed by atoms with Crippen molar-refractivity contribution in [2.75, 3.05) is 6.54 Å². The SMILES string of the molecule is CC(C)CN1C(=O)c2ccccc2[C@H](C(=O)NCc2ccccn2)C12CCCCC2. The van der Waals surface area contributed by atoms with E-state index in [-0.39, 0.29) is 17.7 Å². The molecule has 0 saturated heterocycles. The van der Waals surface area contributed by atoms with Gasteiger partial charge in [0, 0.05) is 18.3 Å². The number of pyridine rings is 1. The fourth-order valence-corrected chi connectivity index (χ4v) is 5.26. The van der Waals surface area contributed by atoms with E-state index in [1.807, 2.05) is 47.4 Å². The molecule has 2 aliphatic rings. The van der Waals surface area contributed by atoms with Gasteiger partial charge in [-0.15, -0.1) is 0 Å². The second-order valence-electron chi connectivity index (χ2n) is 9.03. The first-order chi connectivity index (χ1) is 14.5. The van der Waals surface area contributed by atoms with E-state index in [1.165, 1.54) is 0 Å². The highest BCUT2D eigenvalue weighted by Crippen LogP contribution is 2.49. The molecule has 1 atom stereocenters. The molecule has 158 valence electrons. The van der Waals surface area contributed by atoms with Gasteiger partial charge >= 0.3 is 0 Å². The Morgan fingerprint density at radius 1 is 1.13 bits per heavy atom. The molecule has 2 heterocycles. The smallest absolute Gasteiger partial charge is 0.254 e. The number of hydrogen-bond donors (Lipinski definition) is 1. The highest BCUT2D eigenvalue weighted by molar-refractivity contribution is 6.02. The summed E-state index contributed by atoms with van der Waals surface area (Å²) in [7, 11) is 0. The van der Waals surface area contributed by atoms with Gasteiger partial charge in [0.05, 0.1) is 23.7 Å². The summed E-state index contributed by atoms with van der Waals surface area (Å²) in [6, 6.07) is 13.4. The van der Waals surface area contributed by atoms with Crippen molar-refractivity contribution in [1.29, 1.82) is 0 Å². The van der Waals surface area contributed by atoms with Gasteiger partial charge in [0.2, 0.25) is 5.91 Å². The van der Waals surface area contributed by atoms with E-state index in [2.05, 4.69) is 24.1 Å². The fourth-order valence-electron chi connectivity index (χ4n) is 5.26. The number of fused-ring (bicyclic) bond motifs is 1. The van der Waals surface area contributed by atoms with Crippen LogP contribution in [0.25, 0.3) is 0 Å². The Kier molecular flexibility index (Phi) is 5.89. The molecule has 1 fully saturated rings. The van der Waals surface area contributed by atoms with Crippen molar-refractivity contribution in [2.24, 2.45) is 5.92 Å². The minimum Gasteiger partial charge on any atom is -0.350 e. The van der Waals surface area contributed by atoms with E-state index in [4.69, 9.17) is 0 Å². The van der Waals surface area contributed by atoms with Gasteiger partial charge in [-0.1, -0.05) is 57.4 Å². The van der Waals surface area contributed by atoms with Gasteiger partial charge in [0.15, 0.2) is 0 Å². The van der Waals surface area contributed by atoms with E-state index in [0.717, 1.165) is 43.4 Å². The van der Waals surface area contributed by atoms with Crippen LogP contribution in [0.2, 0.25) is 0 Å². The maximum atomic E-state index is 13.7. The first kappa shape index (κ1) is 20.6. The Morgan fingerprint density at radius 2 is 1.87 bits per heavy atom. The normalized spacial score (nSPS) is 20.3. The molecule has 1 aromatic carbocycles. The predicted molar refractivity (Wildman–Crippen MR) is 117 cm³/mol. The van der Waals surface area contributed by atoms with Gasteiger partial charge < -0.3 is 10.2 Å². The van der Waals surface area contributed by atoms with Gasteiger partial charge in [-0.25, -0.2) is 0 Å². The van der Waals surface area contributed by atoms with Crippen molar-refractivity contribution in [3.63, 3.8) is 0 Å². The van der Waals surface area contributed by atoms with Crippen LogP contribution >= 0.6 is 0 Å². The number of nitrogens with one attached hydrogen (secondary N) is 1. The predicted octanol–water partition coefficient (Wildman–Crippen LogP) is 4.30. The minimum atomic E-state index is -0.442. The van der Waals surface area contributed by atoms with Crippen LogP contribution in [0.1, 0.15) is 73.5 Å². The molecule has 0 bridgehead atoms. The summed E-state index contributed by atoms with van der Waals surface area (Å²) in [4.78, 5) is 33.6. The average molecular weight is 406 g/mol. The molecule has 5 nitrogen and oxygen atoms in total. The van der Waals surface area contributed by atoms with Crippen LogP contribution in [0.3, 0.4) is 0 Å². The summed E-state index contributed by atoms with van der Waals surface area (Å²) < 4.78 is 0. The van der Waals surface area contributed by atoms with E-state index in [1.54, 1.807) is 6.20 Å². The molecule has 1 aliphatic carbocycles. The van der Waals surface area contributed by atoms with Gasteiger partial charge in [0.1, 0.15) is 0 Å². The fraction of sp³-hybridized carbons (Fsp3) is 0.480. The second-order valence-corrected chi connectivity index (χ2v) is 9.03. The number of hydrogen-bond acceptors (Lipinski definition) is 3. The molecule has 1 spiro atoms. The Balaban J connectivity index is 1.74. The van der Waals surface area contributed by atoms with Crippen LogP contribution in [-0.4, -0.2) is 33.8 Å². The van der Waals surface area contributed by atoms with Crippen molar-refractivity contribution >= 4 is 11.8 Å². The molecule has 5 heteroatoms. The zero-order chi connectivity index (χ0) is 21.1. The molecule has 2 aromatic rings. The molecule has 4 rings (SSSR count). The number of amides is 2. The van der Waals surface area contributed by atoms with Gasteiger partial charge in [-0.05, 0) is 42.5 Å². The first-order valence-electron chi connectivity index (χ1n) is 11.1. The lowest BCUT2D eigenvalue weighted by atomic mass is 9.65. The molecule has 2 amide bonds. The third kappa shape index (κ3) is 3.73. The lowest BCUT2D eigenvalue weighted by molar-refractivity contribution is -0.127. The second kappa shape index (κ2) is 8.58. The van der Waals surface area contributed by atoms with Crippen molar-refractivity contribution < 1.29 is 9.59 Å². The van der Waals surface area contributed by atoms with Crippen LogP contribution < -0.4 is 5.32 Å². The monoisotopic (exact) mass is 405 g/mol. The lowest BCUT2D eigenvalue weighted by Gasteiger charge is -2.54. The minimum absolute atomic E-state index is 0.00346. The molecule has 1 N–H and O–H groups in total. The Hall–Kier alpha value is -2.69. The van der Waals surface area contributed by atoms with Crippen LogP contribution in [0.15, 0.2) is 48.7 Å². The Labute approximate surface area is 178 Å². The third-order valence-corrected chi connectivity index (χ3v) is 6.52. The largest absolute Gasteiger partial charge is 0.350 e. The summed E-state index contributed by atoms with van der Waals surface area (Å²) in [5.41, 5.74) is 1.94. The van der Waals surface area contributed by atoms with Crippen molar-refractivity contribution in [3.8, 4) is 0 Å². The Morgan fingerprint density at radius 3 is 2.57 bits per heavy atom. The molecule has 1 saturated carbocycles. The molecular formula is C25H31N3O2. The van der Waals surface area contributed by atoms with E-state index in [9.17, 15) is 9.59 Å². The molecule has 1 aliphatic heterocycles. The van der Waals surface area contributed by atoms with Crippen LogP contribution in [0, 0.1) is 5.92 Å². The van der Waals surface area contributed by atoms with Gasteiger partial charge in [-0.3, -0.25) is 14.6 Å². The summed E-state index contributed by atoms with van der Waals surface area (Å²) >= 11 is 0. The quantitative estimate of drug-likeness (QED) is 0.807. The maximum absolute atomic E-state index is 13.7. The van der Waals surface area contributed by atoms with Crippen LogP contribution in [-0.2, 0) is 11.3 Å². The molecule has 1 aromatic heterocycles. The average Bonchev–Trinajstić information content (AvgIpc) is 2.77. The van der Waals surface area contributed by atoms with Crippen molar-refractivity contribution in [3.05, 3.63) is 65.5 Å². The summed E-state index contributed by atoms with van der Waals surface area (Å²) in [5, 5.41) is 3.13. The zero-order valence-electron chi connectivity index (χ0n) is 17.9. The van der Waals surface area contributed by atoms with E-state index < -0.39 is 5.54 Å². The number of aromatic nitrogens is 1. The zero-order valence-corrected chi connectivity index (χ0v) is 17.9. The number of benzene rings is 1. The van der Waals surface area contributed by atoms with Crippen molar-refractivity contribution in [2.45, 2.75) is 64.0 Å². The number of nitrogens with zero attached hydrogens (tertiary/aromatic N) is 2. The molecule has 30 heavy (non-hydrogen) atoms. The van der Waals surface area contributed by atoms with Gasteiger partial charge in [0.25, 0.3) is 5.91 Å². The van der Waals surface area contributed by atoms with Crippen LogP contribution in [0.5, 0.6) is 0 Å². The summed E-state index contributed by atoms with van der Waals surface area (Å²) in [6.07, 6.45) is 6.75. The number of carbonyl (C=O) groups is 2. The third-order valence-electron chi connectivity index (χ3n) is 6.52. The Bertz CT molecular complexity index is 904. The number of rotatable bonds is 5. The topological polar surface area (TPSA) is 62.3 Å². The maximum Gasteiger partial charge on any atom is 0.254 e. The van der Waals surface area contributed by atoms with E-state index >= 15 is 0 Å². The highest BCUT2D eigenvalue weighted by Gasteiger charge is 2.54. The molecular weight excluding hydrogens is 374 g/mol. The van der Waals surface area contributed by atoms with Crippen molar-refractivity contribution in [1.82, 2.24) is 15.2 Å². The van der Waals surface area contributed by atoms with E-state index in [0.29, 0.717) is 24.6 Å². The standard InChI is InChI=1S/C25H31N3O2/c1-18(2)17-28-24(30)21-12-5-4-11-20(21)22(25(28)13-7-3-8-14-25)23(29)27-16-19-10-6-9-15-26-19/h4-6,9-12,15,18,22H,3,7-8,13-14,16-17H2,1-2H3,(H,27,29)/t22-/m1/s1. The summed E-state index contributed by atoms with van der Waals surface area (Å²) in [6.45, 7) is 5.35. The molecule has 0 radical (unpaired) electrons. The molecule has 0 unspecified atom stereocenters. The lowest BCUT2D eigenvalue weighted by Crippen LogP contribution is -2.63. The van der Waals surface area contributed by atoms with Crippen LogP contribution in [0.4, 0.5) is 0 Å². The number of carbonyl (C=O) groups excluding carboxylic acids is 2. The first-order valence-corrected chi connectivity index (χ1v) is 11.1. The summed E-state index contributed by atoms with van der Waals surface area (Å²) in [5.74, 6) is 0.0654. The highest BCUT2D eigenvalue weighted by atomic mass is 16.2.